The Morgan fingerprint density at radius 3 is 2.86 bits per heavy atom. The second kappa shape index (κ2) is 7.56. The predicted molar refractivity (Wildman–Crippen MR) is 89.3 cm³/mol. The van der Waals surface area contributed by atoms with Gasteiger partial charge in [-0.15, -0.1) is 11.3 Å². The number of ether oxygens (including phenoxy) is 1. The number of carbonyl (C=O) groups excluding carboxylic acids is 1. The van der Waals surface area contributed by atoms with Gasteiger partial charge in [-0.1, -0.05) is 36.4 Å². The number of hydrogen-bond donors (Lipinski definition) is 0. The monoisotopic (exact) mass is 315 g/mol. The van der Waals surface area contributed by atoms with Crippen molar-refractivity contribution >= 4 is 17.2 Å². The van der Waals surface area contributed by atoms with Crippen LogP contribution < -0.4 is 0 Å². The first-order chi connectivity index (χ1) is 10.8. The number of amides is 1. The number of hydrogen-bond acceptors (Lipinski definition) is 3. The third kappa shape index (κ3) is 3.96. The summed E-state index contributed by atoms with van der Waals surface area (Å²) < 4.78 is 5.82. The molecule has 3 nitrogen and oxygen atoms in total. The van der Waals surface area contributed by atoms with Crippen LogP contribution in [0.1, 0.15) is 28.1 Å². The maximum Gasteiger partial charge on any atom is 0.264 e. The summed E-state index contributed by atoms with van der Waals surface area (Å²) in [6.45, 7) is 2.06. The summed E-state index contributed by atoms with van der Waals surface area (Å²) in [7, 11) is 0. The Morgan fingerprint density at radius 1 is 1.23 bits per heavy atom. The molecule has 1 aromatic heterocycles. The van der Waals surface area contributed by atoms with E-state index >= 15 is 0 Å². The molecule has 1 aliphatic heterocycles. The molecule has 22 heavy (non-hydrogen) atoms. The van der Waals surface area contributed by atoms with Crippen molar-refractivity contribution in [3.8, 4) is 0 Å². The zero-order valence-corrected chi connectivity index (χ0v) is 13.4. The van der Waals surface area contributed by atoms with E-state index in [9.17, 15) is 4.79 Å². The third-order valence-electron chi connectivity index (χ3n) is 3.99. The molecule has 0 saturated carbocycles. The van der Waals surface area contributed by atoms with E-state index in [1.165, 1.54) is 16.9 Å². The molecule has 2 heterocycles. The average molecular weight is 315 g/mol. The number of morpholine rings is 1. The van der Waals surface area contributed by atoms with Gasteiger partial charge < -0.3 is 9.64 Å². The van der Waals surface area contributed by atoms with Crippen LogP contribution >= 0.6 is 11.3 Å². The maximum atomic E-state index is 12.4. The van der Waals surface area contributed by atoms with Crippen LogP contribution in [0.5, 0.6) is 0 Å². The highest BCUT2D eigenvalue weighted by Crippen LogP contribution is 2.17. The van der Waals surface area contributed by atoms with Gasteiger partial charge in [0.05, 0.1) is 17.6 Å². The number of carbonyl (C=O) groups is 1. The fraction of sp³-hybridized carbons (Fsp3) is 0.389. The molecule has 1 aromatic carbocycles. The summed E-state index contributed by atoms with van der Waals surface area (Å²) >= 11 is 1.51. The lowest BCUT2D eigenvalue weighted by molar-refractivity contribution is -0.0253. The Bertz CT molecular complexity index is 582. The minimum Gasteiger partial charge on any atom is -0.375 e. The average Bonchev–Trinajstić information content (AvgIpc) is 3.10. The van der Waals surface area contributed by atoms with Gasteiger partial charge in [0.25, 0.3) is 5.91 Å². The van der Waals surface area contributed by atoms with E-state index < -0.39 is 0 Å². The van der Waals surface area contributed by atoms with Crippen LogP contribution in [0.15, 0.2) is 47.8 Å². The lowest BCUT2D eigenvalue weighted by Crippen LogP contribution is -2.45. The summed E-state index contributed by atoms with van der Waals surface area (Å²) in [6, 6.07) is 14.3. The first-order valence-corrected chi connectivity index (χ1v) is 8.69. The quantitative estimate of drug-likeness (QED) is 0.843. The Balaban J connectivity index is 1.47. The molecule has 0 N–H and O–H groups in total. The molecule has 4 heteroatoms. The Labute approximate surface area is 135 Å². The van der Waals surface area contributed by atoms with E-state index in [0.29, 0.717) is 19.7 Å². The fourth-order valence-electron chi connectivity index (χ4n) is 2.81. The van der Waals surface area contributed by atoms with E-state index in [-0.39, 0.29) is 12.0 Å². The van der Waals surface area contributed by atoms with Crippen molar-refractivity contribution in [1.82, 2.24) is 4.90 Å². The van der Waals surface area contributed by atoms with Crippen LogP contribution in [0, 0.1) is 0 Å². The molecular formula is C18H21NO2S. The topological polar surface area (TPSA) is 29.5 Å². The van der Waals surface area contributed by atoms with Gasteiger partial charge in [-0.3, -0.25) is 4.79 Å². The molecule has 3 rings (SSSR count). The molecule has 1 aliphatic rings. The van der Waals surface area contributed by atoms with E-state index in [1.54, 1.807) is 0 Å². The van der Waals surface area contributed by atoms with E-state index in [4.69, 9.17) is 4.74 Å². The van der Waals surface area contributed by atoms with Crippen LogP contribution in [0.2, 0.25) is 0 Å². The Kier molecular flexibility index (Phi) is 5.24. The Morgan fingerprint density at radius 2 is 2.09 bits per heavy atom. The van der Waals surface area contributed by atoms with Gasteiger partial charge in [-0.25, -0.2) is 0 Å². The number of nitrogens with zero attached hydrogens (tertiary/aromatic N) is 1. The van der Waals surface area contributed by atoms with Gasteiger partial charge in [-0.05, 0) is 36.3 Å². The predicted octanol–water partition coefficient (Wildman–Crippen LogP) is 3.61. The van der Waals surface area contributed by atoms with Crippen LogP contribution in [-0.4, -0.2) is 36.6 Å². The van der Waals surface area contributed by atoms with Gasteiger partial charge >= 0.3 is 0 Å². The smallest absolute Gasteiger partial charge is 0.264 e. The number of thiophene rings is 1. The van der Waals surface area contributed by atoms with Crippen LogP contribution in [0.25, 0.3) is 0 Å². The van der Waals surface area contributed by atoms with E-state index in [1.807, 2.05) is 28.5 Å². The second-order valence-electron chi connectivity index (χ2n) is 5.60. The van der Waals surface area contributed by atoms with Gasteiger partial charge in [0.15, 0.2) is 0 Å². The van der Waals surface area contributed by atoms with Crippen LogP contribution in [-0.2, 0) is 11.2 Å². The third-order valence-corrected chi connectivity index (χ3v) is 4.85. The lowest BCUT2D eigenvalue weighted by atomic mass is 10.1. The molecule has 0 radical (unpaired) electrons. The zero-order valence-electron chi connectivity index (χ0n) is 12.6. The molecule has 1 atom stereocenters. The van der Waals surface area contributed by atoms with E-state index in [2.05, 4.69) is 24.3 Å². The highest BCUT2D eigenvalue weighted by Gasteiger charge is 2.25. The number of rotatable bonds is 5. The minimum atomic E-state index is 0.145. The van der Waals surface area contributed by atoms with Crippen molar-refractivity contribution in [2.24, 2.45) is 0 Å². The number of aryl methyl sites for hydroxylation is 1. The minimum absolute atomic E-state index is 0.145. The fourth-order valence-corrected chi connectivity index (χ4v) is 3.50. The molecule has 0 spiro atoms. The lowest BCUT2D eigenvalue weighted by Gasteiger charge is -2.32. The van der Waals surface area contributed by atoms with Crippen molar-refractivity contribution in [3.63, 3.8) is 0 Å². The summed E-state index contributed by atoms with van der Waals surface area (Å²) in [4.78, 5) is 15.1. The van der Waals surface area contributed by atoms with Gasteiger partial charge in [-0.2, -0.15) is 0 Å². The first kappa shape index (κ1) is 15.3. The van der Waals surface area contributed by atoms with Gasteiger partial charge in [0.2, 0.25) is 0 Å². The highest BCUT2D eigenvalue weighted by molar-refractivity contribution is 7.12. The largest absolute Gasteiger partial charge is 0.375 e. The van der Waals surface area contributed by atoms with Crippen molar-refractivity contribution in [3.05, 3.63) is 58.3 Å². The second-order valence-corrected chi connectivity index (χ2v) is 6.55. The van der Waals surface area contributed by atoms with Gasteiger partial charge in [0.1, 0.15) is 0 Å². The molecule has 2 aromatic rings. The van der Waals surface area contributed by atoms with Gasteiger partial charge in [0, 0.05) is 13.1 Å². The first-order valence-electron chi connectivity index (χ1n) is 7.81. The zero-order chi connectivity index (χ0) is 15.2. The Hall–Kier alpha value is -1.65. The highest BCUT2D eigenvalue weighted by atomic mass is 32.1. The van der Waals surface area contributed by atoms with Crippen molar-refractivity contribution < 1.29 is 9.53 Å². The summed E-state index contributed by atoms with van der Waals surface area (Å²) in [6.07, 6.45) is 3.33. The van der Waals surface area contributed by atoms with Crippen LogP contribution in [0.4, 0.5) is 0 Å². The van der Waals surface area contributed by atoms with Crippen molar-refractivity contribution in [1.29, 1.82) is 0 Å². The SMILES string of the molecule is O=C(c1cccs1)N1CCOC(CCCc2ccccc2)C1. The number of benzene rings is 1. The molecule has 1 fully saturated rings. The van der Waals surface area contributed by atoms with Crippen LogP contribution in [0.3, 0.4) is 0 Å². The maximum absolute atomic E-state index is 12.4. The molecule has 1 amide bonds. The van der Waals surface area contributed by atoms with E-state index in [0.717, 1.165) is 24.1 Å². The molecule has 1 saturated heterocycles. The normalized spacial score (nSPS) is 18.4. The molecule has 1 unspecified atom stereocenters. The standard InChI is InChI=1S/C18H21NO2S/c20-18(17-10-5-13-22-17)19-11-12-21-16(14-19)9-4-8-15-6-2-1-3-7-15/h1-3,5-7,10,13,16H,4,8-9,11-12,14H2. The summed E-state index contributed by atoms with van der Waals surface area (Å²) in [5, 5.41) is 1.95. The molecule has 116 valence electrons. The summed E-state index contributed by atoms with van der Waals surface area (Å²) in [5.41, 5.74) is 1.37. The molecular weight excluding hydrogens is 294 g/mol. The van der Waals surface area contributed by atoms with Crippen molar-refractivity contribution in [2.75, 3.05) is 19.7 Å². The summed E-state index contributed by atoms with van der Waals surface area (Å²) in [5.74, 6) is 0.145. The van der Waals surface area contributed by atoms with Crippen molar-refractivity contribution in [2.45, 2.75) is 25.4 Å². The molecule has 0 bridgehead atoms. The molecule has 0 aliphatic carbocycles.